The van der Waals surface area contributed by atoms with Gasteiger partial charge >= 0.3 is 0 Å². The van der Waals surface area contributed by atoms with Crippen molar-refractivity contribution < 1.29 is 4.79 Å². The number of piperazine rings is 1. The lowest BCUT2D eigenvalue weighted by atomic mass is 10.3. The molecule has 1 amide bonds. The summed E-state index contributed by atoms with van der Waals surface area (Å²) in [6, 6.07) is 0. The maximum absolute atomic E-state index is 12.0. The second kappa shape index (κ2) is 6.15. The molecule has 7 nitrogen and oxygen atoms in total. The molecule has 7 heteroatoms. The number of hydrazine groups is 1. The van der Waals surface area contributed by atoms with Gasteiger partial charge in [0.25, 0.3) is 5.91 Å². The zero-order valence-corrected chi connectivity index (χ0v) is 11.5. The van der Waals surface area contributed by atoms with Crippen LogP contribution in [0.25, 0.3) is 0 Å². The Morgan fingerprint density at radius 1 is 1.10 bits per heavy atom. The molecule has 2 fully saturated rings. The maximum Gasteiger partial charge on any atom is 0.285 e. The van der Waals surface area contributed by atoms with Crippen molar-refractivity contribution in [1.29, 1.82) is 0 Å². The van der Waals surface area contributed by atoms with E-state index in [-0.39, 0.29) is 5.91 Å². The van der Waals surface area contributed by atoms with Crippen molar-refractivity contribution in [3.8, 4) is 0 Å². The van der Waals surface area contributed by atoms with Crippen LogP contribution < -0.4 is 15.6 Å². The summed E-state index contributed by atoms with van der Waals surface area (Å²) in [5.41, 5.74) is 3.23. The topological polar surface area (TPSA) is 73.4 Å². The molecule has 0 saturated carbocycles. The van der Waals surface area contributed by atoms with E-state index >= 15 is 0 Å². The zero-order valence-electron chi connectivity index (χ0n) is 11.5. The zero-order chi connectivity index (χ0) is 13.8. The summed E-state index contributed by atoms with van der Waals surface area (Å²) in [5, 5.41) is 5.23. The Kier molecular flexibility index (Phi) is 4.08. The predicted octanol–water partition coefficient (Wildman–Crippen LogP) is -0.373. The molecule has 2 aliphatic rings. The Hall–Kier alpha value is -1.73. The molecule has 20 heavy (non-hydrogen) atoms. The third kappa shape index (κ3) is 3.05. The second-order valence-electron chi connectivity index (χ2n) is 5.13. The number of hydrogen-bond acceptors (Lipinski definition) is 6. The third-order valence-electron chi connectivity index (χ3n) is 3.68. The van der Waals surface area contributed by atoms with Gasteiger partial charge in [-0.3, -0.25) is 10.2 Å². The summed E-state index contributed by atoms with van der Waals surface area (Å²) in [6.07, 6.45) is 5.51. The van der Waals surface area contributed by atoms with Crippen molar-refractivity contribution in [3.05, 3.63) is 18.1 Å². The van der Waals surface area contributed by atoms with E-state index in [1.165, 1.54) is 0 Å². The second-order valence-corrected chi connectivity index (χ2v) is 5.13. The van der Waals surface area contributed by atoms with Crippen LogP contribution in [-0.2, 0) is 0 Å². The number of anilines is 1. The van der Waals surface area contributed by atoms with Crippen LogP contribution in [0.15, 0.2) is 12.4 Å². The van der Waals surface area contributed by atoms with Crippen molar-refractivity contribution in [1.82, 2.24) is 25.7 Å². The smallest absolute Gasteiger partial charge is 0.285 e. The van der Waals surface area contributed by atoms with Crippen LogP contribution >= 0.6 is 0 Å². The van der Waals surface area contributed by atoms with Crippen LogP contribution in [0, 0.1) is 0 Å². The van der Waals surface area contributed by atoms with Crippen molar-refractivity contribution in [2.45, 2.75) is 12.8 Å². The lowest BCUT2D eigenvalue weighted by molar-refractivity contribution is 0.0820. The Morgan fingerprint density at radius 2 is 1.85 bits per heavy atom. The molecule has 0 spiro atoms. The molecule has 2 saturated heterocycles. The normalized spacial score (nSPS) is 20.1. The molecule has 0 unspecified atom stereocenters. The fraction of sp³-hybridized carbons (Fsp3) is 0.615. The first-order valence-electron chi connectivity index (χ1n) is 7.16. The molecule has 2 N–H and O–H groups in total. The summed E-state index contributed by atoms with van der Waals surface area (Å²) in [7, 11) is 0. The van der Waals surface area contributed by atoms with Crippen LogP contribution in [-0.4, -0.2) is 60.2 Å². The van der Waals surface area contributed by atoms with Crippen LogP contribution in [0.2, 0.25) is 0 Å². The highest BCUT2D eigenvalue weighted by molar-refractivity contribution is 5.91. The monoisotopic (exact) mass is 276 g/mol. The van der Waals surface area contributed by atoms with Gasteiger partial charge in [0.05, 0.1) is 12.4 Å². The van der Waals surface area contributed by atoms with Crippen LogP contribution in [0.3, 0.4) is 0 Å². The highest BCUT2D eigenvalue weighted by Crippen LogP contribution is 2.10. The van der Waals surface area contributed by atoms with Gasteiger partial charge < -0.3 is 10.2 Å². The molecule has 0 radical (unpaired) electrons. The minimum atomic E-state index is -0.175. The van der Waals surface area contributed by atoms with Crippen LogP contribution in [0.1, 0.15) is 23.3 Å². The SMILES string of the molecule is O=C(NN1CCCC1)c1cnc(N2CCNCC2)cn1. The number of rotatable bonds is 3. The average molecular weight is 276 g/mol. The first-order chi connectivity index (χ1) is 9.83. The fourth-order valence-corrected chi connectivity index (χ4v) is 2.53. The number of carbonyl (C=O) groups is 1. The van der Waals surface area contributed by atoms with E-state index in [4.69, 9.17) is 0 Å². The lowest BCUT2D eigenvalue weighted by Gasteiger charge is -2.28. The Labute approximate surface area is 118 Å². The van der Waals surface area contributed by atoms with Crippen LogP contribution in [0.4, 0.5) is 5.82 Å². The first-order valence-corrected chi connectivity index (χ1v) is 7.16. The number of aromatic nitrogens is 2. The number of carbonyl (C=O) groups excluding carboxylic acids is 1. The van der Waals surface area contributed by atoms with E-state index < -0.39 is 0 Å². The number of nitrogens with one attached hydrogen (secondary N) is 2. The van der Waals surface area contributed by atoms with Gasteiger partial charge in [-0.1, -0.05) is 0 Å². The summed E-state index contributed by atoms with van der Waals surface area (Å²) in [6.45, 7) is 5.59. The summed E-state index contributed by atoms with van der Waals surface area (Å²) in [5.74, 6) is 0.662. The van der Waals surface area contributed by atoms with E-state index in [0.717, 1.165) is 57.9 Å². The summed E-state index contributed by atoms with van der Waals surface area (Å²) < 4.78 is 0. The standard InChI is InChI=1S/C13H20N6O/c20-13(17-19-5-1-2-6-19)11-9-16-12(10-15-11)18-7-3-14-4-8-18/h9-10,14H,1-8H2,(H,17,20). The Balaban J connectivity index is 1.61. The molecule has 2 aliphatic heterocycles. The number of nitrogens with zero attached hydrogens (tertiary/aromatic N) is 4. The largest absolute Gasteiger partial charge is 0.353 e. The first kappa shape index (κ1) is 13.3. The summed E-state index contributed by atoms with van der Waals surface area (Å²) in [4.78, 5) is 22.8. The Bertz CT molecular complexity index is 450. The van der Waals surface area contributed by atoms with Gasteiger partial charge in [0.2, 0.25) is 0 Å². The van der Waals surface area contributed by atoms with Crippen LogP contribution in [0.5, 0.6) is 0 Å². The van der Waals surface area contributed by atoms with Crippen molar-refractivity contribution in [3.63, 3.8) is 0 Å². The van der Waals surface area contributed by atoms with Gasteiger partial charge in [0.1, 0.15) is 11.5 Å². The lowest BCUT2D eigenvalue weighted by Crippen LogP contribution is -2.44. The maximum atomic E-state index is 12.0. The molecule has 0 aromatic carbocycles. The average Bonchev–Trinajstić information content (AvgIpc) is 3.01. The van der Waals surface area contributed by atoms with Gasteiger partial charge in [0, 0.05) is 39.3 Å². The fourth-order valence-electron chi connectivity index (χ4n) is 2.53. The highest BCUT2D eigenvalue weighted by Gasteiger charge is 2.17. The number of hydrogen-bond donors (Lipinski definition) is 2. The predicted molar refractivity (Wildman–Crippen MR) is 75.4 cm³/mol. The van der Waals surface area contributed by atoms with Gasteiger partial charge in [-0.05, 0) is 12.8 Å². The van der Waals surface area contributed by atoms with E-state index in [1.807, 2.05) is 5.01 Å². The van der Waals surface area contributed by atoms with Gasteiger partial charge in [-0.15, -0.1) is 0 Å². The molecular weight excluding hydrogens is 256 g/mol. The van der Waals surface area contributed by atoms with Gasteiger partial charge in [-0.25, -0.2) is 15.0 Å². The molecule has 1 aromatic heterocycles. The highest BCUT2D eigenvalue weighted by atomic mass is 16.2. The Morgan fingerprint density at radius 3 is 2.50 bits per heavy atom. The minimum absolute atomic E-state index is 0.175. The molecule has 3 heterocycles. The molecule has 3 rings (SSSR count). The molecule has 108 valence electrons. The van der Waals surface area contributed by atoms with Crippen molar-refractivity contribution in [2.75, 3.05) is 44.2 Å². The minimum Gasteiger partial charge on any atom is -0.353 e. The van der Waals surface area contributed by atoms with Gasteiger partial charge in [-0.2, -0.15) is 0 Å². The third-order valence-corrected chi connectivity index (χ3v) is 3.68. The molecule has 0 atom stereocenters. The van der Waals surface area contributed by atoms with E-state index in [2.05, 4.69) is 25.6 Å². The quantitative estimate of drug-likeness (QED) is 0.784. The molecular formula is C13H20N6O. The molecule has 0 aliphatic carbocycles. The molecule has 0 bridgehead atoms. The van der Waals surface area contributed by atoms with Crippen molar-refractivity contribution >= 4 is 11.7 Å². The number of amides is 1. The van der Waals surface area contributed by atoms with E-state index in [1.54, 1.807) is 12.4 Å². The van der Waals surface area contributed by atoms with E-state index in [0.29, 0.717) is 5.69 Å². The van der Waals surface area contributed by atoms with E-state index in [9.17, 15) is 4.79 Å². The van der Waals surface area contributed by atoms with Gasteiger partial charge in [0.15, 0.2) is 0 Å². The van der Waals surface area contributed by atoms with Crippen molar-refractivity contribution in [2.24, 2.45) is 0 Å². The molecule has 1 aromatic rings. The summed E-state index contributed by atoms with van der Waals surface area (Å²) >= 11 is 0.